The second kappa shape index (κ2) is 9.08. The van der Waals surface area contributed by atoms with Crippen molar-refractivity contribution in [3.63, 3.8) is 0 Å². The van der Waals surface area contributed by atoms with Gasteiger partial charge in [0, 0.05) is 37.7 Å². The van der Waals surface area contributed by atoms with Gasteiger partial charge in [-0.1, -0.05) is 65.7 Å². The lowest BCUT2D eigenvalue weighted by Gasteiger charge is -2.34. The van der Waals surface area contributed by atoms with Crippen LogP contribution in [0.1, 0.15) is 5.56 Å². The summed E-state index contributed by atoms with van der Waals surface area (Å²) in [5, 5.41) is 3.86. The summed E-state index contributed by atoms with van der Waals surface area (Å²) in [6.07, 6.45) is 4.29. The highest BCUT2D eigenvalue weighted by Gasteiger charge is 2.21. The van der Waals surface area contributed by atoms with Crippen LogP contribution in [0.15, 0.2) is 54.6 Å². The van der Waals surface area contributed by atoms with Gasteiger partial charge in [-0.25, -0.2) is 4.79 Å². The Bertz CT molecular complexity index is 772. The van der Waals surface area contributed by atoms with Crippen LogP contribution in [0.5, 0.6) is 0 Å². The third-order valence-corrected chi connectivity index (χ3v) is 4.87. The van der Waals surface area contributed by atoms with Gasteiger partial charge in [0.2, 0.25) is 0 Å². The summed E-state index contributed by atoms with van der Waals surface area (Å²) in [6.45, 7) is 3.93. The Kier molecular flexibility index (Phi) is 6.56. The molecule has 0 atom stereocenters. The Morgan fingerprint density at radius 2 is 1.77 bits per heavy atom. The summed E-state index contributed by atoms with van der Waals surface area (Å²) >= 11 is 12.1. The van der Waals surface area contributed by atoms with Crippen molar-refractivity contribution < 1.29 is 4.79 Å². The molecule has 1 fully saturated rings. The minimum Gasteiger partial charge on any atom is -0.322 e. The predicted molar refractivity (Wildman–Crippen MR) is 109 cm³/mol. The molecule has 136 valence electrons. The second-order valence-corrected chi connectivity index (χ2v) is 7.00. The van der Waals surface area contributed by atoms with Crippen LogP contribution in [-0.2, 0) is 0 Å². The normalized spacial score (nSPS) is 15.4. The fraction of sp³-hybridized carbons (Fsp3) is 0.250. The Hall–Kier alpha value is -2.01. The fourth-order valence-electron chi connectivity index (χ4n) is 2.82. The Morgan fingerprint density at radius 1 is 1.04 bits per heavy atom. The van der Waals surface area contributed by atoms with E-state index in [0.29, 0.717) is 28.8 Å². The largest absolute Gasteiger partial charge is 0.322 e. The van der Waals surface area contributed by atoms with Crippen molar-refractivity contribution in [2.75, 3.05) is 38.0 Å². The minimum absolute atomic E-state index is 0.145. The number of piperazine rings is 1. The van der Waals surface area contributed by atoms with Gasteiger partial charge in [0.15, 0.2) is 0 Å². The molecule has 0 unspecified atom stereocenters. The summed E-state index contributed by atoms with van der Waals surface area (Å²) < 4.78 is 0. The number of rotatable bonds is 4. The van der Waals surface area contributed by atoms with Crippen molar-refractivity contribution in [1.29, 1.82) is 0 Å². The first-order chi connectivity index (χ1) is 12.6. The van der Waals surface area contributed by atoms with Gasteiger partial charge < -0.3 is 10.2 Å². The van der Waals surface area contributed by atoms with Crippen LogP contribution in [0, 0.1) is 0 Å². The van der Waals surface area contributed by atoms with E-state index >= 15 is 0 Å². The summed E-state index contributed by atoms with van der Waals surface area (Å²) in [5.41, 5.74) is 1.74. The molecular weight excluding hydrogens is 369 g/mol. The lowest BCUT2D eigenvalue weighted by Crippen LogP contribution is -2.49. The third-order valence-electron chi connectivity index (χ3n) is 4.30. The molecule has 3 rings (SSSR count). The van der Waals surface area contributed by atoms with Crippen molar-refractivity contribution in [3.8, 4) is 0 Å². The number of hydrogen-bond donors (Lipinski definition) is 1. The molecule has 0 spiro atoms. The van der Waals surface area contributed by atoms with Gasteiger partial charge in [-0.15, -0.1) is 0 Å². The van der Waals surface area contributed by atoms with Gasteiger partial charge >= 0.3 is 6.03 Å². The number of nitrogens with zero attached hydrogens (tertiary/aromatic N) is 2. The first-order valence-corrected chi connectivity index (χ1v) is 9.32. The summed E-state index contributed by atoms with van der Waals surface area (Å²) in [6, 6.07) is 15.1. The van der Waals surface area contributed by atoms with Crippen LogP contribution in [0.2, 0.25) is 10.0 Å². The number of nitrogens with one attached hydrogen (secondary N) is 1. The van der Waals surface area contributed by atoms with Crippen molar-refractivity contribution >= 4 is 41.0 Å². The standard InChI is InChI=1S/C20H21Cl2N3O/c21-17-8-9-18(22)19(15-17)23-20(26)25-13-11-24(12-14-25)10-4-7-16-5-2-1-3-6-16/h1-9,15H,10-14H2,(H,23,26)/b7-4+. The maximum atomic E-state index is 12.4. The van der Waals surface area contributed by atoms with Crippen molar-refractivity contribution in [1.82, 2.24) is 9.80 Å². The molecule has 0 aromatic heterocycles. The lowest BCUT2D eigenvalue weighted by molar-refractivity contribution is 0.156. The van der Waals surface area contributed by atoms with Crippen LogP contribution >= 0.6 is 23.2 Å². The third kappa shape index (κ3) is 5.24. The number of carbonyl (C=O) groups is 1. The highest BCUT2D eigenvalue weighted by atomic mass is 35.5. The molecule has 0 aliphatic carbocycles. The van der Waals surface area contributed by atoms with Gasteiger partial charge in [0.25, 0.3) is 0 Å². The smallest absolute Gasteiger partial charge is 0.321 e. The van der Waals surface area contributed by atoms with E-state index in [2.05, 4.69) is 34.5 Å². The minimum atomic E-state index is -0.145. The highest BCUT2D eigenvalue weighted by molar-refractivity contribution is 6.35. The molecule has 1 saturated heterocycles. The molecule has 4 nitrogen and oxygen atoms in total. The fourth-order valence-corrected chi connectivity index (χ4v) is 3.16. The average Bonchev–Trinajstić information content (AvgIpc) is 2.66. The van der Waals surface area contributed by atoms with Gasteiger partial charge in [-0.2, -0.15) is 0 Å². The Balaban J connectivity index is 1.46. The summed E-state index contributed by atoms with van der Waals surface area (Å²) in [7, 11) is 0. The average molecular weight is 390 g/mol. The molecule has 1 N–H and O–H groups in total. The molecule has 0 saturated carbocycles. The highest BCUT2D eigenvalue weighted by Crippen LogP contribution is 2.25. The molecule has 1 aliphatic heterocycles. The van der Waals surface area contributed by atoms with E-state index in [1.54, 1.807) is 23.1 Å². The van der Waals surface area contributed by atoms with E-state index in [1.165, 1.54) is 5.56 Å². The monoisotopic (exact) mass is 389 g/mol. The molecule has 1 heterocycles. The number of anilines is 1. The van der Waals surface area contributed by atoms with Crippen LogP contribution < -0.4 is 5.32 Å². The van der Waals surface area contributed by atoms with Gasteiger partial charge in [-0.3, -0.25) is 4.90 Å². The van der Waals surface area contributed by atoms with Crippen LogP contribution in [-0.4, -0.2) is 48.6 Å². The number of benzene rings is 2. The van der Waals surface area contributed by atoms with Crippen LogP contribution in [0.4, 0.5) is 10.5 Å². The second-order valence-electron chi connectivity index (χ2n) is 6.16. The zero-order valence-corrected chi connectivity index (χ0v) is 15.9. The molecule has 26 heavy (non-hydrogen) atoms. The summed E-state index contributed by atoms with van der Waals surface area (Å²) in [4.78, 5) is 16.5. The van der Waals surface area contributed by atoms with Gasteiger partial charge in [-0.05, 0) is 23.8 Å². The Labute approximate surface area is 164 Å². The molecule has 1 aliphatic rings. The van der Waals surface area contributed by atoms with E-state index in [0.717, 1.165) is 19.6 Å². The lowest BCUT2D eigenvalue weighted by atomic mass is 10.2. The number of carbonyl (C=O) groups excluding carboxylic acids is 1. The zero-order valence-electron chi connectivity index (χ0n) is 14.4. The van der Waals surface area contributed by atoms with E-state index < -0.39 is 0 Å². The maximum absolute atomic E-state index is 12.4. The van der Waals surface area contributed by atoms with Gasteiger partial charge in [0.05, 0.1) is 10.7 Å². The maximum Gasteiger partial charge on any atom is 0.321 e. The first-order valence-electron chi connectivity index (χ1n) is 8.57. The van der Waals surface area contributed by atoms with E-state index in [-0.39, 0.29) is 6.03 Å². The molecular formula is C20H21Cl2N3O. The van der Waals surface area contributed by atoms with Crippen molar-refractivity contribution in [2.45, 2.75) is 0 Å². The van der Waals surface area contributed by atoms with Crippen LogP contribution in [0.3, 0.4) is 0 Å². The molecule has 2 aromatic rings. The van der Waals surface area contributed by atoms with E-state index in [9.17, 15) is 4.79 Å². The van der Waals surface area contributed by atoms with Crippen molar-refractivity contribution in [2.24, 2.45) is 0 Å². The van der Waals surface area contributed by atoms with E-state index in [4.69, 9.17) is 23.2 Å². The van der Waals surface area contributed by atoms with Crippen molar-refractivity contribution in [3.05, 3.63) is 70.2 Å². The SMILES string of the molecule is O=C(Nc1cc(Cl)ccc1Cl)N1CCN(C/C=C/c2ccccc2)CC1. The molecule has 0 radical (unpaired) electrons. The topological polar surface area (TPSA) is 35.6 Å². The summed E-state index contributed by atoms with van der Waals surface area (Å²) in [5.74, 6) is 0. The van der Waals surface area contributed by atoms with E-state index in [1.807, 2.05) is 18.2 Å². The first kappa shape index (κ1) is 18.8. The molecule has 0 bridgehead atoms. The number of halogens is 2. The number of amides is 2. The van der Waals surface area contributed by atoms with Crippen LogP contribution in [0.25, 0.3) is 6.08 Å². The molecule has 2 amide bonds. The zero-order chi connectivity index (χ0) is 18.4. The quantitative estimate of drug-likeness (QED) is 0.810. The molecule has 2 aromatic carbocycles. The number of hydrogen-bond acceptors (Lipinski definition) is 2. The predicted octanol–water partition coefficient (Wildman–Crippen LogP) is 4.86. The number of urea groups is 1. The Morgan fingerprint density at radius 3 is 2.50 bits per heavy atom. The molecule has 6 heteroatoms. The van der Waals surface area contributed by atoms with Gasteiger partial charge in [0.1, 0.15) is 0 Å².